The number of hydrogen-bond donors (Lipinski definition) is 0. The van der Waals surface area contributed by atoms with E-state index in [1.54, 1.807) is 11.3 Å². The van der Waals surface area contributed by atoms with Gasteiger partial charge in [-0.25, -0.2) is 0 Å². The summed E-state index contributed by atoms with van der Waals surface area (Å²) in [6.07, 6.45) is 0. The van der Waals surface area contributed by atoms with Gasteiger partial charge >= 0.3 is 0 Å². The van der Waals surface area contributed by atoms with Gasteiger partial charge in [-0.05, 0) is 58.1 Å². The first kappa shape index (κ1) is 20.5. The van der Waals surface area contributed by atoms with Crippen LogP contribution in [0.15, 0.2) is 109 Å². The first-order valence-electron chi connectivity index (χ1n) is 11.7. The standard InChI is InChI=1S/C32H17N3S/c33-18-21(19-34)31-25-12-5-4-10-23(25)27-16-20(14-15-26(27)31)30-17-28-24-11-6-7-13-29(24)35(32(28)36-30)22-8-2-1-3-9-22/h1-17H. The molecule has 0 atom stereocenters. The molecule has 0 spiro atoms. The van der Waals surface area contributed by atoms with Gasteiger partial charge in [-0.1, -0.05) is 72.8 Å². The highest BCUT2D eigenvalue weighted by atomic mass is 32.1. The van der Waals surface area contributed by atoms with Crippen LogP contribution in [0.25, 0.3) is 53.9 Å². The summed E-state index contributed by atoms with van der Waals surface area (Å²) < 4.78 is 2.34. The second-order valence-electron chi connectivity index (χ2n) is 8.80. The summed E-state index contributed by atoms with van der Waals surface area (Å²) in [5.74, 6) is 0. The molecule has 0 unspecified atom stereocenters. The Morgan fingerprint density at radius 1 is 0.639 bits per heavy atom. The van der Waals surface area contributed by atoms with Crippen LogP contribution in [0.1, 0.15) is 11.1 Å². The largest absolute Gasteiger partial charge is 0.301 e. The summed E-state index contributed by atoms with van der Waals surface area (Å²) in [5.41, 5.74) is 8.38. The number of para-hydroxylation sites is 2. The van der Waals surface area contributed by atoms with Crippen molar-refractivity contribution in [3.05, 3.63) is 120 Å². The van der Waals surface area contributed by atoms with Gasteiger partial charge in [0.05, 0.1) is 5.52 Å². The smallest absolute Gasteiger partial charge is 0.138 e. The summed E-state index contributed by atoms with van der Waals surface area (Å²) >= 11 is 1.79. The molecule has 0 amide bonds. The van der Waals surface area contributed by atoms with Gasteiger partial charge in [-0.2, -0.15) is 10.5 Å². The van der Waals surface area contributed by atoms with Crippen molar-refractivity contribution in [1.29, 1.82) is 10.5 Å². The maximum Gasteiger partial charge on any atom is 0.138 e. The summed E-state index contributed by atoms with van der Waals surface area (Å²) in [6, 6.07) is 39.9. The maximum atomic E-state index is 9.60. The first-order chi connectivity index (χ1) is 17.8. The molecule has 2 heterocycles. The second kappa shape index (κ2) is 7.82. The molecule has 2 aromatic heterocycles. The van der Waals surface area contributed by atoms with Crippen LogP contribution in [0, 0.1) is 22.7 Å². The Kier molecular flexibility index (Phi) is 4.45. The fourth-order valence-corrected chi connectivity index (χ4v) is 6.55. The average Bonchev–Trinajstić information content (AvgIpc) is 3.59. The van der Waals surface area contributed by atoms with Gasteiger partial charge in [0.25, 0.3) is 0 Å². The molecule has 0 saturated heterocycles. The van der Waals surface area contributed by atoms with Crippen LogP contribution < -0.4 is 0 Å². The molecule has 0 N–H and O–H groups in total. The number of fused-ring (bicyclic) bond motifs is 6. The monoisotopic (exact) mass is 475 g/mol. The third-order valence-electron chi connectivity index (χ3n) is 6.90. The minimum Gasteiger partial charge on any atom is -0.301 e. The molecule has 0 bridgehead atoms. The molecule has 4 heteroatoms. The van der Waals surface area contributed by atoms with E-state index in [1.165, 1.54) is 26.0 Å². The number of nitriles is 2. The predicted molar refractivity (Wildman–Crippen MR) is 147 cm³/mol. The van der Waals surface area contributed by atoms with Crippen LogP contribution >= 0.6 is 11.3 Å². The topological polar surface area (TPSA) is 52.5 Å². The zero-order chi connectivity index (χ0) is 24.2. The van der Waals surface area contributed by atoms with Crippen molar-refractivity contribution in [1.82, 2.24) is 4.57 Å². The van der Waals surface area contributed by atoms with Crippen molar-refractivity contribution < 1.29 is 0 Å². The minimum atomic E-state index is 0.152. The molecular formula is C32H17N3S. The molecule has 1 aliphatic rings. The molecular weight excluding hydrogens is 458 g/mol. The van der Waals surface area contributed by atoms with E-state index < -0.39 is 0 Å². The fraction of sp³-hybridized carbons (Fsp3) is 0. The third kappa shape index (κ3) is 2.83. The summed E-state index contributed by atoms with van der Waals surface area (Å²) in [4.78, 5) is 2.41. The predicted octanol–water partition coefficient (Wildman–Crippen LogP) is 8.34. The van der Waals surface area contributed by atoms with Gasteiger partial charge in [-0.15, -0.1) is 11.3 Å². The van der Waals surface area contributed by atoms with Gasteiger partial charge in [0.2, 0.25) is 0 Å². The van der Waals surface area contributed by atoms with E-state index in [1.807, 2.05) is 24.3 Å². The molecule has 6 aromatic rings. The van der Waals surface area contributed by atoms with Gasteiger partial charge in [0, 0.05) is 26.9 Å². The molecule has 1 aliphatic carbocycles. The SMILES string of the molecule is N#CC(C#N)=C1c2ccccc2-c2cc(-c3cc4c5ccccc5n(-c5ccccc5)c4s3)ccc21. The number of aromatic nitrogens is 1. The van der Waals surface area contributed by atoms with Crippen LogP contribution in [0.4, 0.5) is 0 Å². The third-order valence-corrected chi connectivity index (χ3v) is 8.07. The Bertz CT molecular complexity index is 1940. The summed E-state index contributed by atoms with van der Waals surface area (Å²) in [7, 11) is 0. The van der Waals surface area contributed by atoms with Crippen molar-refractivity contribution in [3.8, 4) is 39.4 Å². The minimum absolute atomic E-state index is 0.152. The summed E-state index contributed by atoms with van der Waals surface area (Å²) in [6.45, 7) is 0. The van der Waals surface area contributed by atoms with Crippen molar-refractivity contribution in [2.45, 2.75) is 0 Å². The second-order valence-corrected chi connectivity index (χ2v) is 9.83. The van der Waals surface area contributed by atoms with E-state index in [9.17, 15) is 10.5 Å². The number of hydrogen-bond acceptors (Lipinski definition) is 3. The van der Waals surface area contributed by atoms with E-state index in [0.29, 0.717) is 0 Å². The zero-order valence-corrected chi connectivity index (χ0v) is 19.9. The Labute approximate surface area is 212 Å². The van der Waals surface area contributed by atoms with Crippen LogP contribution in [-0.2, 0) is 0 Å². The van der Waals surface area contributed by atoms with Gasteiger partial charge in [0.1, 0.15) is 22.5 Å². The molecule has 0 aliphatic heterocycles. The number of allylic oxidation sites excluding steroid dienone is 1. The molecule has 36 heavy (non-hydrogen) atoms. The Morgan fingerprint density at radius 2 is 1.33 bits per heavy atom. The lowest BCUT2D eigenvalue weighted by atomic mass is 9.98. The lowest BCUT2D eigenvalue weighted by Gasteiger charge is -2.07. The number of thiophene rings is 1. The van der Waals surface area contributed by atoms with Crippen molar-refractivity contribution in [2.24, 2.45) is 0 Å². The number of rotatable bonds is 2. The molecule has 0 fully saturated rings. The molecule has 4 aromatic carbocycles. The normalized spacial score (nSPS) is 11.8. The summed E-state index contributed by atoms with van der Waals surface area (Å²) in [5, 5.41) is 21.7. The molecule has 7 rings (SSSR count). The molecule has 166 valence electrons. The van der Waals surface area contributed by atoms with Gasteiger partial charge in [0.15, 0.2) is 0 Å². The Hall–Kier alpha value is -4.90. The first-order valence-corrected chi connectivity index (χ1v) is 12.5. The van der Waals surface area contributed by atoms with E-state index in [0.717, 1.165) is 39.1 Å². The fourth-order valence-electron chi connectivity index (χ4n) is 5.35. The highest BCUT2D eigenvalue weighted by Crippen LogP contribution is 2.48. The molecule has 3 nitrogen and oxygen atoms in total. The van der Waals surface area contributed by atoms with E-state index in [-0.39, 0.29) is 5.57 Å². The van der Waals surface area contributed by atoms with E-state index >= 15 is 0 Å². The van der Waals surface area contributed by atoms with Crippen molar-refractivity contribution >= 4 is 38.0 Å². The molecule has 0 radical (unpaired) electrons. The number of benzene rings is 4. The van der Waals surface area contributed by atoms with Crippen LogP contribution in [0.5, 0.6) is 0 Å². The van der Waals surface area contributed by atoms with Crippen molar-refractivity contribution in [2.75, 3.05) is 0 Å². The Balaban J connectivity index is 1.46. The average molecular weight is 476 g/mol. The quantitative estimate of drug-likeness (QED) is 0.236. The molecule has 0 saturated carbocycles. The number of nitrogens with zero attached hydrogens (tertiary/aromatic N) is 3. The van der Waals surface area contributed by atoms with Gasteiger partial charge < -0.3 is 4.57 Å². The lowest BCUT2D eigenvalue weighted by molar-refractivity contribution is 1.19. The van der Waals surface area contributed by atoms with Crippen LogP contribution in [-0.4, -0.2) is 4.57 Å². The van der Waals surface area contributed by atoms with Crippen LogP contribution in [0.2, 0.25) is 0 Å². The van der Waals surface area contributed by atoms with Crippen molar-refractivity contribution in [3.63, 3.8) is 0 Å². The zero-order valence-electron chi connectivity index (χ0n) is 19.1. The highest BCUT2D eigenvalue weighted by molar-refractivity contribution is 7.22. The maximum absolute atomic E-state index is 9.60. The highest BCUT2D eigenvalue weighted by Gasteiger charge is 2.27. The van der Waals surface area contributed by atoms with Crippen LogP contribution in [0.3, 0.4) is 0 Å². The Morgan fingerprint density at radius 3 is 2.14 bits per heavy atom. The van der Waals surface area contributed by atoms with E-state index in [4.69, 9.17) is 0 Å². The lowest BCUT2D eigenvalue weighted by Crippen LogP contribution is -1.91. The van der Waals surface area contributed by atoms with Gasteiger partial charge in [-0.3, -0.25) is 0 Å². The van der Waals surface area contributed by atoms with E-state index in [2.05, 4.69) is 95.6 Å².